The van der Waals surface area contributed by atoms with Crippen molar-refractivity contribution >= 4 is 43.5 Å². The average molecular weight is 588 g/mol. The van der Waals surface area contributed by atoms with Gasteiger partial charge in [0.25, 0.3) is 0 Å². The number of rotatable bonds is 3. The van der Waals surface area contributed by atoms with Gasteiger partial charge in [0.05, 0.1) is 27.9 Å². The van der Waals surface area contributed by atoms with E-state index in [4.69, 9.17) is 14.7 Å². The van der Waals surface area contributed by atoms with Crippen molar-refractivity contribution in [3.05, 3.63) is 152 Å². The van der Waals surface area contributed by atoms with Crippen molar-refractivity contribution in [2.24, 2.45) is 0 Å². The van der Waals surface area contributed by atoms with Gasteiger partial charge in [0.15, 0.2) is 5.82 Å². The van der Waals surface area contributed by atoms with E-state index in [2.05, 4.69) is 120 Å². The number of hydrogen-bond acceptors (Lipinski definition) is 3. The Morgan fingerprint density at radius 3 is 1.96 bits per heavy atom. The largest absolute Gasteiger partial charge is 0.456 e. The highest BCUT2D eigenvalue weighted by atomic mass is 16.5. The number of aromatic nitrogens is 3. The van der Waals surface area contributed by atoms with E-state index in [1.807, 2.05) is 36.4 Å². The van der Waals surface area contributed by atoms with Crippen molar-refractivity contribution in [2.45, 2.75) is 0 Å². The Kier molecular flexibility index (Phi) is 5.25. The molecule has 7 aromatic carbocycles. The maximum Gasteiger partial charge on any atom is 0.160 e. The van der Waals surface area contributed by atoms with Crippen molar-refractivity contribution in [1.29, 1.82) is 0 Å². The summed E-state index contributed by atoms with van der Waals surface area (Å²) in [6.45, 7) is 0. The zero-order valence-electron chi connectivity index (χ0n) is 24.7. The maximum atomic E-state index is 6.70. The Labute approximate surface area is 264 Å². The van der Waals surface area contributed by atoms with Crippen molar-refractivity contribution in [3.8, 4) is 51.0 Å². The number of fused-ring (bicyclic) bond motifs is 6. The molecule has 9 aromatic rings. The summed E-state index contributed by atoms with van der Waals surface area (Å²) in [6, 6.07) is 53.0. The quantitative estimate of drug-likeness (QED) is 0.206. The van der Waals surface area contributed by atoms with Crippen molar-refractivity contribution < 1.29 is 4.74 Å². The Hall–Kier alpha value is -6.26. The van der Waals surface area contributed by atoms with Gasteiger partial charge in [-0.15, -0.1) is 0 Å². The fourth-order valence-electron chi connectivity index (χ4n) is 7.15. The monoisotopic (exact) mass is 587 g/mol. The molecule has 1 aliphatic rings. The number of benzene rings is 7. The summed E-state index contributed by atoms with van der Waals surface area (Å²) >= 11 is 0. The van der Waals surface area contributed by atoms with E-state index in [-0.39, 0.29) is 0 Å². The molecule has 0 fully saturated rings. The van der Waals surface area contributed by atoms with Crippen LogP contribution >= 0.6 is 0 Å². The zero-order chi connectivity index (χ0) is 30.2. The van der Waals surface area contributed by atoms with Gasteiger partial charge < -0.3 is 9.30 Å². The van der Waals surface area contributed by atoms with Crippen LogP contribution in [0.5, 0.6) is 11.5 Å². The van der Waals surface area contributed by atoms with Gasteiger partial charge >= 0.3 is 0 Å². The second kappa shape index (κ2) is 9.62. The molecule has 2 aromatic heterocycles. The topological polar surface area (TPSA) is 39.9 Å². The molecule has 0 aliphatic carbocycles. The van der Waals surface area contributed by atoms with Crippen LogP contribution in [0.4, 0.5) is 0 Å². The molecule has 214 valence electrons. The highest BCUT2D eigenvalue weighted by Gasteiger charge is 2.24. The van der Waals surface area contributed by atoms with Crippen LogP contribution in [0.3, 0.4) is 0 Å². The molecule has 0 amide bonds. The Morgan fingerprint density at radius 2 is 1.15 bits per heavy atom. The smallest absolute Gasteiger partial charge is 0.160 e. The lowest BCUT2D eigenvalue weighted by molar-refractivity contribution is 0.487. The van der Waals surface area contributed by atoms with E-state index in [0.717, 1.165) is 66.8 Å². The van der Waals surface area contributed by atoms with Gasteiger partial charge in [-0.25, -0.2) is 9.97 Å². The first kappa shape index (κ1) is 25.1. The predicted molar refractivity (Wildman–Crippen MR) is 188 cm³/mol. The summed E-state index contributed by atoms with van der Waals surface area (Å²) in [6.07, 6.45) is 0. The van der Waals surface area contributed by atoms with E-state index >= 15 is 0 Å². The molecule has 10 rings (SSSR count). The van der Waals surface area contributed by atoms with Crippen LogP contribution < -0.4 is 4.74 Å². The predicted octanol–water partition coefficient (Wildman–Crippen LogP) is 11.0. The standard InChI is InChI=1S/C42H25N3O/c1-2-11-26(12-3-1)41-32-15-4-7-18-34(32)43-42(44-41)27-21-22-30-31-16-10-17-33-37(23-24-38(40(31)33)46-39(30)25-27)45-35-19-8-5-13-28(35)29-14-6-9-20-36(29)45/h1-25H. The van der Waals surface area contributed by atoms with Crippen LogP contribution in [0.2, 0.25) is 0 Å². The van der Waals surface area contributed by atoms with Crippen molar-refractivity contribution in [2.75, 3.05) is 0 Å². The molecule has 4 heteroatoms. The second-order valence-corrected chi connectivity index (χ2v) is 11.8. The van der Waals surface area contributed by atoms with Gasteiger partial charge in [0.1, 0.15) is 11.5 Å². The molecule has 0 unspecified atom stereocenters. The molecule has 1 aliphatic heterocycles. The van der Waals surface area contributed by atoms with E-state index in [1.54, 1.807) is 0 Å². The Morgan fingerprint density at radius 1 is 0.457 bits per heavy atom. The molecule has 0 saturated heterocycles. The van der Waals surface area contributed by atoms with Crippen LogP contribution in [-0.4, -0.2) is 14.5 Å². The fourth-order valence-corrected chi connectivity index (χ4v) is 7.15. The van der Waals surface area contributed by atoms with Gasteiger partial charge in [-0.3, -0.25) is 0 Å². The average Bonchev–Trinajstić information content (AvgIpc) is 3.46. The summed E-state index contributed by atoms with van der Waals surface area (Å²) < 4.78 is 9.08. The van der Waals surface area contributed by atoms with Crippen LogP contribution in [0, 0.1) is 0 Å². The fraction of sp³-hybridized carbons (Fsp3) is 0. The molecule has 3 heterocycles. The maximum absolute atomic E-state index is 6.70. The summed E-state index contributed by atoms with van der Waals surface area (Å²) in [4.78, 5) is 10.1. The van der Waals surface area contributed by atoms with E-state index in [0.29, 0.717) is 5.82 Å². The third-order valence-electron chi connectivity index (χ3n) is 9.20. The minimum absolute atomic E-state index is 0.676. The summed E-state index contributed by atoms with van der Waals surface area (Å²) in [5, 5.41) is 5.81. The number of nitrogens with zero attached hydrogens (tertiary/aromatic N) is 3. The number of para-hydroxylation sites is 3. The summed E-state index contributed by atoms with van der Waals surface area (Å²) in [7, 11) is 0. The van der Waals surface area contributed by atoms with Gasteiger partial charge in [-0.1, -0.05) is 109 Å². The second-order valence-electron chi connectivity index (χ2n) is 11.8. The third kappa shape index (κ3) is 3.61. The van der Waals surface area contributed by atoms with Crippen molar-refractivity contribution in [1.82, 2.24) is 14.5 Å². The SMILES string of the molecule is c1ccc(-c2nc(-c3ccc4c(c3)Oc3ccc(-n5c6ccccc6c6ccccc65)c5cccc-4c35)nc3ccccc23)cc1. The molecule has 0 spiro atoms. The molecular formula is C42H25N3O. The minimum atomic E-state index is 0.676. The third-order valence-corrected chi connectivity index (χ3v) is 9.20. The first-order chi connectivity index (χ1) is 22.8. The number of ether oxygens (including phenoxy) is 1. The summed E-state index contributed by atoms with van der Waals surface area (Å²) in [5.41, 5.74) is 9.56. The van der Waals surface area contributed by atoms with Crippen LogP contribution in [-0.2, 0) is 0 Å². The molecular weight excluding hydrogens is 562 g/mol. The Balaban J connectivity index is 1.15. The molecule has 0 atom stereocenters. The normalized spacial score (nSPS) is 12.1. The first-order valence-electron chi connectivity index (χ1n) is 15.5. The molecule has 0 N–H and O–H groups in total. The van der Waals surface area contributed by atoms with E-state index < -0.39 is 0 Å². The lowest BCUT2D eigenvalue weighted by Gasteiger charge is -2.23. The van der Waals surface area contributed by atoms with Crippen LogP contribution in [0.25, 0.3) is 82.9 Å². The molecule has 0 radical (unpaired) electrons. The minimum Gasteiger partial charge on any atom is -0.456 e. The molecule has 4 nitrogen and oxygen atoms in total. The van der Waals surface area contributed by atoms with Gasteiger partial charge in [0, 0.05) is 43.6 Å². The molecule has 0 saturated carbocycles. The highest BCUT2D eigenvalue weighted by Crippen LogP contribution is 2.49. The first-order valence-corrected chi connectivity index (χ1v) is 15.5. The molecule has 46 heavy (non-hydrogen) atoms. The molecule has 0 bridgehead atoms. The van der Waals surface area contributed by atoms with Gasteiger partial charge in [-0.2, -0.15) is 0 Å². The van der Waals surface area contributed by atoms with Crippen LogP contribution in [0.1, 0.15) is 0 Å². The van der Waals surface area contributed by atoms with Crippen LogP contribution in [0.15, 0.2) is 152 Å². The van der Waals surface area contributed by atoms with Crippen molar-refractivity contribution in [3.63, 3.8) is 0 Å². The summed E-state index contributed by atoms with van der Waals surface area (Å²) in [5.74, 6) is 2.33. The highest BCUT2D eigenvalue weighted by molar-refractivity contribution is 6.13. The van der Waals surface area contributed by atoms with Gasteiger partial charge in [-0.05, 0) is 48.0 Å². The Bertz CT molecular complexity index is 2620. The zero-order valence-corrected chi connectivity index (χ0v) is 24.7. The van der Waals surface area contributed by atoms with E-state index in [9.17, 15) is 0 Å². The van der Waals surface area contributed by atoms with Gasteiger partial charge in [0.2, 0.25) is 0 Å². The lowest BCUT2D eigenvalue weighted by atomic mass is 9.93. The lowest BCUT2D eigenvalue weighted by Crippen LogP contribution is -2.02. The van der Waals surface area contributed by atoms with E-state index in [1.165, 1.54) is 21.8 Å². The number of hydrogen-bond donors (Lipinski definition) is 0.